The lowest BCUT2D eigenvalue weighted by Gasteiger charge is -2.10. The van der Waals surface area contributed by atoms with Gasteiger partial charge in [0.2, 0.25) is 0 Å². The lowest BCUT2D eigenvalue weighted by Crippen LogP contribution is -2.08. The standard InChI is InChI=1S/C9H8F3NO2/c1-5-4-8(13(14)15)6(2)3-7(5)9(10,11)12/h3-4H,1-2H3. The van der Waals surface area contributed by atoms with E-state index in [1.807, 2.05) is 0 Å². The van der Waals surface area contributed by atoms with Gasteiger partial charge in [-0.15, -0.1) is 0 Å². The van der Waals surface area contributed by atoms with Crippen molar-refractivity contribution in [2.45, 2.75) is 20.0 Å². The van der Waals surface area contributed by atoms with Crippen molar-refractivity contribution >= 4 is 5.69 Å². The zero-order valence-electron chi connectivity index (χ0n) is 8.05. The van der Waals surface area contributed by atoms with Gasteiger partial charge in [-0.25, -0.2) is 0 Å². The van der Waals surface area contributed by atoms with E-state index in [1.165, 1.54) is 13.8 Å². The highest BCUT2D eigenvalue weighted by Gasteiger charge is 2.33. The van der Waals surface area contributed by atoms with Crippen LogP contribution in [0.25, 0.3) is 0 Å². The Kier molecular flexibility index (Phi) is 2.70. The molecule has 1 aromatic carbocycles. The molecule has 0 aliphatic heterocycles. The predicted octanol–water partition coefficient (Wildman–Crippen LogP) is 3.23. The predicted molar refractivity (Wildman–Crippen MR) is 47.6 cm³/mol. The van der Waals surface area contributed by atoms with Crippen molar-refractivity contribution in [3.05, 3.63) is 38.9 Å². The fourth-order valence-corrected chi connectivity index (χ4v) is 1.30. The van der Waals surface area contributed by atoms with Crippen LogP contribution in [0.2, 0.25) is 0 Å². The summed E-state index contributed by atoms with van der Waals surface area (Å²) in [6.07, 6.45) is -4.47. The van der Waals surface area contributed by atoms with Gasteiger partial charge in [0.05, 0.1) is 10.5 Å². The third-order valence-electron chi connectivity index (χ3n) is 2.05. The molecule has 1 aromatic rings. The van der Waals surface area contributed by atoms with E-state index in [2.05, 4.69) is 0 Å². The summed E-state index contributed by atoms with van der Waals surface area (Å²) in [7, 11) is 0. The van der Waals surface area contributed by atoms with E-state index in [-0.39, 0.29) is 16.8 Å². The largest absolute Gasteiger partial charge is 0.416 e. The van der Waals surface area contributed by atoms with E-state index < -0.39 is 16.7 Å². The molecule has 0 N–H and O–H groups in total. The summed E-state index contributed by atoms with van der Waals surface area (Å²) in [5.74, 6) is 0. The smallest absolute Gasteiger partial charge is 0.258 e. The summed E-state index contributed by atoms with van der Waals surface area (Å²) >= 11 is 0. The Labute approximate surface area is 83.7 Å². The third-order valence-corrected chi connectivity index (χ3v) is 2.05. The second-order valence-corrected chi connectivity index (χ2v) is 3.21. The van der Waals surface area contributed by atoms with Crippen molar-refractivity contribution in [3.63, 3.8) is 0 Å². The Morgan fingerprint density at radius 1 is 1.20 bits per heavy atom. The van der Waals surface area contributed by atoms with Crippen molar-refractivity contribution in [2.75, 3.05) is 0 Å². The molecule has 3 nitrogen and oxygen atoms in total. The molecule has 0 atom stereocenters. The van der Waals surface area contributed by atoms with Gasteiger partial charge in [0.1, 0.15) is 0 Å². The molecular weight excluding hydrogens is 211 g/mol. The number of halogens is 3. The zero-order chi connectivity index (χ0) is 11.8. The number of nitro benzene ring substituents is 1. The van der Waals surface area contributed by atoms with Crippen LogP contribution in [0.15, 0.2) is 12.1 Å². The molecule has 6 heteroatoms. The van der Waals surface area contributed by atoms with Gasteiger partial charge in [-0.05, 0) is 25.5 Å². The molecule has 0 fully saturated rings. The fourth-order valence-electron chi connectivity index (χ4n) is 1.30. The Morgan fingerprint density at radius 3 is 2.13 bits per heavy atom. The lowest BCUT2D eigenvalue weighted by molar-refractivity contribution is -0.385. The summed E-state index contributed by atoms with van der Waals surface area (Å²) in [5.41, 5.74) is -1.25. The Bertz CT molecular complexity index is 413. The van der Waals surface area contributed by atoms with Crippen LogP contribution in [0, 0.1) is 24.0 Å². The number of nitro groups is 1. The quantitative estimate of drug-likeness (QED) is 0.537. The van der Waals surface area contributed by atoms with Crippen molar-refractivity contribution in [1.29, 1.82) is 0 Å². The molecule has 0 heterocycles. The van der Waals surface area contributed by atoms with E-state index >= 15 is 0 Å². The molecule has 0 radical (unpaired) electrons. The molecule has 1 rings (SSSR count). The van der Waals surface area contributed by atoms with Crippen molar-refractivity contribution < 1.29 is 18.1 Å². The molecule has 0 saturated heterocycles. The average molecular weight is 219 g/mol. The molecule has 0 saturated carbocycles. The second kappa shape index (κ2) is 3.52. The normalized spacial score (nSPS) is 11.5. The van der Waals surface area contributed by atoms with Crippen LogP contribution in [0.5, 0.6) is 0 Å². The molecular formula is C9H8F3NO2. The second-order valence-electron chi connectivity index (χ2n) is 3.21. The molecule has 0 aromatic heterocycles. The van der Waals surface area contributed by atoms with Gasteiger partial charge in [0, 0.05) is 11.6 Å². The molecule has 0 bridgehead atoms. The van der Waals surface area contributed by atoms with E-state index in [4.69, 9.17) is 0 Å². The first-order chi connectivity index (χ1) is 6.73. The van der Waals surface area contributed by atoms with Crippen LogP contribution in [0.4, 0.5) is 18.9 Å². The van der Waals surface area contributed by atoms with E-state index in [0.29, 0.717) is 0 Å². The SMILES string of the molecule is Cc1cc(C(F)(F)F)c(C)cc1[N+](=O)[O-]. The summed E-state index contributed by atoms with van der Waals surface area (Å²) < 4.78 is 37.2. The molecule has 82 valence electrons. The maximum Gasteiger partial charge on any atom is 0.416 e. The van der Waals surface area contributed by atoms with Crippen LogP contribution < -0.4 is 0 Å². The number of aryl methyl sites for hydroxylation is 2. The number of rotatable bonds is 1. The minimum Gasteiger partial charge on any atom is -0.258 e. The summed E-state index contributed by atoms with van der Waals surface area (Å²) in [5, 5.41) is 10.5. The third kappa shape index (κ3) is 2.26. The van der Waals surface area contributed by atoms with Crippen molar-refractivity contribution in [3.8, 4) is 0 Å². The fraction of sp³-hybridized carbons (Fsp3) is 0.333. The highest BCUT2D eigenvalue weighted by Crippen LogP contribution is 2.34. The molecule has 0 amide bonds. The number of hydrogen-bond donors (Lipinski definition) is 0. The van der Waals surface area contributed by atoms with Crippen LogP contribution >= 0.6 is 0 Å². The number of hydrogen-bond acceptors (Lipinski definition) is 2. The first-order valence-corrected chi connectivity index (χ1v) is 4.06. The van der Waals surface area contributed by atoms with Crippen LogP contribution in [-0.4, -0.2) is 4.92 Å². The van der Waals surface area contributed by atoms with E-state index in [0.717, 1.165) is 12.1 Å². The van der Waals surface area contributed by atoms with Gasteiger partial charge in [0.15, 0.2) is 0 Å². The summed E-state index contributed by atoms with van der Waals surface area (Å²) in [6, 6.07) is 1.74. The minimum atomic E-state index is -4.47. The van der Waals surface area contributed by atoms with Gasteiger partial charge < -0.3 is 0 Å². The molecule has 0 unspecified atom stereocenters. The number of benzene rings is 1. The summed E-state index contributed by atoms with van der Waals surface area (Å²) in [4.78, 5) is 9.77. The van der Waals surface area contributed by atoms with E-state index in [1.54, 1.807) is 0 Å². The Balaban J connectivity index is 3.39. The van der Waals surface area contributed by atoms with Crippen molar-refractivity contribution in [2.24, 2.45) is 0 Å². The van der Waals surface area contributed by atoms with Gasteiger partial charge >= 0.3 is 6.18 Å². The molecule has 15 heavy (non-hydrogen) atoms. The van der Waals surface area contributed by atoms with Crippen molar-refractivity contribution in [1.82, 2.24) is 0 Å². The van der Waals surface area contributed by atoms with Crippen LogP contribution in [-0.2, 0) is 6.18 Å². The number of alkyl halides is 3. The maximum absolute atomic E-state index is 12.4. The topological polar surface area (TPSA) is 43.1 Å². The highest BCUT2D eigenvalue weighted by molar-refractivity contribution is 5.47. The molecule has 0 spiro atoms. The molecule has 0 aliphatic rings. The van der Waals surface area contributed by atoms with Crippen LogP contribution in [0.1, 0.15) is 16.7 Å². The average Bonchev–Trinajstić information content (AvgIpc) is 2.06. The number of nitrogens with zero attached hydrogens (tertiary/aromatic N) is 1. The highest BCUT2D eigenvalue weighted by atomic mass is 19.4. The Morgan fingerprint density at radius 2 is 1.73 bits per heavy atom. The van der Waals surface area contributed by atoms with Gasteiger partial charge in [-0.1, -0.05) is 0 Å². The Hall–Kier alpha value is -1.59. The van der Waals surface area contributed by atoms with Gasteiger partial charge in [-0.3, -0.25) is 10.1 Å². The first-order valence-electron chi connectivity index (χ1n) is 4.06. The minimum absolute atomic E-state index is 0.0120. The van der Waals surface area contributed by atoms with Crippen LogP contribution in [0.3, 0.4) is 0 Å². The lowest BCUT2D eigenvalue weighted by atomic mass is 10.0. The van der Waals surface area contributed by atoms with E-state index in [9.17, 15) is 23.3 Å². The van der Waals surface area contributed by atoms with Gasteiger partial charge in [-0.2, -0.15) is 13.2 Å². The summed E-state index contributed by atoms with van der Waals surface area (Å²) in [6.45, 7) is 2.49. The monoisotopic (exact) mass is 219 g/mol. The molecule has 0 aliphatic carbocycles. The zero-order valence-corrected chi connectivity index (χ0v) is 8.05. The maximum atomic E-state index is 12.4. The van der Waals surface area contributed by atoms with Gasteiger partial charge in [0.25, 0.3) is 5.69 Å². The first kappa shape index (κ1) is 11.5.